The van der Waals surface area contributed by atoms with Crippen LogP contribution in [0, 0.1) is 0 Å². The predicted molar refractivity (Wildman–Crippen MR) is 116 cm³/mol. The molecule has 3 aromatic rings. The molecule has 0 spiro atoms. The van der Waals surface area contributed by atoms with E-state index >= 15 is 0 Å². The van der Waals surface area contributed by atoms with E-state index < -0.39 is 0 Å². The van der Waals surface area contributed by atoms with Crippen LogP contribution in [0.3, 0.4) is 0 Å². The normalized spacial score (nSPS) is 10.4. The molecule has 0 saturated carbocycles. The van der Waals surface area contributed by atoms with Gasteiger partial charge in [0, 0.05) is 25.2 Å². The van der Waals surface area contributed by atoms with E-state index in [2.05, 4.69) is 26.2 Å². The molecule has 0 unspecified atom stereocenters. The van der Waals surface area contributed by atoms with Gasteiger partial charge < -0.3 is 14.8 Å². The highest BCUT2D eigenvalue weighted by molar-refractivity contribution is 9.10. The molecule has 1 heterocycles. The van der Waals surface area contributed by atoms with Crippen LogP contribution in [0.25, 0.3) is 0 Å². The van der Waals surface area contributed by atoms with Gasteiger partial charge in [-0.25, -0.2) is 4.98 Å². The minimum Gasteiger partial charge on any atom is -0.496 e. The van der Waals surface area contributed by atoms with Gasteiger partial charge in [-0.15, -0.1) is 0 Å². The van der Waals surface area contributed by atoms with Crippen LogP contribution >= 0.6 is 15.9 Å². The molecule has 0 bridgehead atoms. The van der Waals surface area contributed by atoms with E-state index in [-0.39, 0.29) is 5.91 Å². The molecule has 3 rings (SSSR count). The number of hydrogen-bond acceptors (Lipinski definition) is 4. The summed E-state index contributed by atoms with van der Waals surface area (Å²) in [4.78, 5) is 16.4. The number of aromatic nitrogens is 1. The lowest BCUT2D eigenvalue weighted by molar-refractivity contribution is -0.121. The van der Waals surface area contributed by atoms with Crippen LogP contribution in [0.5, 0.6) is 11.6 Å². The number of rotatable bonds is 9. The topological polar surface area (TPSA) is 60.5 Å². The van der Waals surface area contributed by atoms with Gasteiger partial charge in [0.2, 0.25) is 11.8 Å². The van der Waals surface area contributed by atoms with Gasteiger partial charge in [0.25, 0.3) is 0 Å². The van der Waals surface area contributed by atoms with Crippen LogP contribution in [-0.2, 0) is 24.4 Å². The number of hydrogen-bond donors (Lipinski definition) is 1. The number of pyridine rings is 1. The molecule has 6 heteroatoms. The minimum absolute atomic E-state index is 0.000469. The number of carbonyl (C=O) groups is 1. The molecule has 0 aliphatic rings. The van der Waals surface area contributed by atoms with Crippen LogP contribution in [0.4, 0.5) is 0 Å². The third-order valence-corrected chi connectivity index (χ3v) is 5.00. The Balaban J connectivity index is 1.45. The minimum atomic E-state index is 0.000469. The Morgan fingerprint density at radius 1 is 1.03 bits per heavy atom. The first-order valence-corrected chi connectivity index (χ1v) is 10.1. The zero-order valence-electron chi connectivity index (χ0n) is 16.2. The van der Waals surface area contributed by atoms with Crippen LogP contribution in [0.15, 0.2) is 71.3 Å². The molecule has 0 radical (unpaired) electrons. The Bertz CT molecular complexity index is 948. The van der Waals surface area contributed by atoms with Crippen LogP contribution in [0.1, 0.15) is 23.1 Å². The molecule has 5 nitrogen and oxygen atoms in total. The van der Waals surface area contributed by atoms with Gasteiger partial charge in [-0.2, -0.15) is 0 Å². The van der Waals surface area contributed by atoms with Crippen molar-refractivity contribution in [3.8, 4) is 11.6 Å². The summed E-state index contributed by atoms with van der Waals surface area (Å²) in [6.07, 6.45) is 2.77. The summed E-state index contributed by atoms with van der Waals surface area (Å²) < 4.78 is 11.8. The fourth-order valence-electron chi connectivity index (χ4n) is 2.78. The van der Waals surface area contributed by atoms with Crippen molar-refractivity contribution in [3.05, 3.63) is 88.0 Å². The van der Waals surface area contributed by atoms with E-state index in [4.69, 9.17) is 9.47 Å². The van der Waals surface area contributed by atoms with E-state index in [0.29, 0.717) is 31.9 Å². The first-order valence-electron chi connectivity index (χ1n) is 9.35. The van der Waals surface area contributed by atoms with E-state index in [1.807, 2.05) is 60.7 Å². The number of benzene rings is 2. The highest BCUT2D eigenvalue weighted by Gasteiger charge is 2.06. The quantitative estimate of drug-likeness (QED) is 0.509. The van der Waals surface area contributed by atoms with Gasteiger partial charge >= 0.3 is 0 Å². The van der Waals surface area contributed by atoms with Gasteiger partial charge in [-0.05, 0) is 57.2 Å². The first-order chi connectivity index (χ1) is 14.1. The summed E-state index contributed by atoms with van der Waals surface area (Å²) in [7, 11) is 1.63. The molecule has 1 amide bonds. The zero-order valence-corrected chi connectivity index (χ0v) is 17.8. The van der Waals surface area contributed by atoms with Crippen molar-refractivity contribution >= 4 is 21.8 Å². The van der Waals surface area contributed by atoms with Crippen LogP contribution < -0.4 is 14.8 Å². The third kappa shape index (κ3) is 6.61. The number of ether oxygens (including phenoxy) is 2. The maximum atomic E-state index is 12.2. The molecule has 1 aromatic heterocycles. The number of nitrogens with one attached hydrogen (secondary N) is 1. The number of nitrogens with zero attached hydrogens (tertiary/aromatic N) is 1. The second-order valence-electron chi connectivity index (χ2n) is 6.52. The molecule has 1 N–H and O–H groups in total. The first kappa shape index (κ1) is 20.9. The van der Waals surface area contributed by atoms with Gasteiger partial charge in [0.05, 0.1) is 11.6 Å². The molecule has 2 aromatic carbocycles. The Morgan fingerprint density at radius 2 is 1.86 bits per heavy atom. The van der Waals surface area contributed by atoms with E-state index in [0.717, 1.165) is 26.9 Å². The van der Waals surface area contributed by atoms with Crippen LogP contribution in [0.2, 0.25) is 0 Å². The zero-order chi connectivity index (χ0) is 20.5. The number of amides is 1. The Morgan fingerprint density at radius 3 is 2.62 bits per heavy atom. The molecular formula is C23H23BrN2O3. The lowest BCUT2D eigenvalue weighted by Gasteiger charge is -2.09. The summed E-state index contributed by atoms with van der Waals surface area (Å²) in [5.41, 5.74) is 3.11. The lowest BCUT2D eigenvalue weighted by atomic mass is 10.1. The lowest BCUT2D eigenvalue weighted by Crippen LogP contribution is -2.23. The van der Waals surface area contributed by atoms with Crippen molar-refractivity contribution in [1.82, 2.24) is 10.3 Å². The maximum absolute atomic E-state index is 12.2. The van der Waals surface area contributed by atoms with Gasteiger partial charge in [-0.3, -0.25) is 4.79 Å². The summed E-state index contributed by atoms with van der Waals surface area (Å²) in [6, 6.07) is 19.5. The fourth-order valence-corrected chi connectivity index (χ4v) is 3.37. The monoisotopic (exact) mass is 454 g/mol. The second-order valence-corrected chi connectivity index (χ2v) is 7.38. The van der Waals surface area contributed by atoms with Crippen molar-refractivity contribution in [2.24, 2.45) is 0 Å². The molecule has 29 heavy (non-hydrogen) atoms. The maximum Gasteiger partial charge on any atom is 0.220 e. The molecule has 0 aliphatic heterocycles. The van der Waals surface area contributed by atoms with Crippen LogP contribution in [-0.4, -0.2) is 18.0 Å². The van der Waals surface area contributed by atoms with Crippen molar-refractivity contribution < 1.29 is 14.3 Å². The van der Waals surface area contributed by atoms with E-state index in [1.165, 1.54) is 0 Å². The number of aryl methyl sites for hydroxylation is 1. The highest BCUT2D eigenvalue weighted by Crippen LogP contribution is 2.26. The Kier molecular flexibility index (Phi) is 7.64. The molecule has 0 saturated heterocycles. The molecular weight excluding hydrogens is 432 g/mol. The summed E-state index contributed by atoms with van der Waals surface area (Å²) in [5.74, 6) is 1.32. The van der Waals surface area contributed by atoms with Gasteiger partial charge in [-0.1, -0.05) is 36.4 Å². The predicted octanol–water partition coefficient (Wildman–Crippen LogP) is 4.68. The van der Waals surface area contributed by atoms with Crippen molar-refractivity contribution in [3.63, 3.8) is 0 Å². The number of methoxy groups -OCH3 is 1. The largest absolute Gasteiger partial charge is 0.496 e. The average molecular weight is 455 g/mol. The number of carbonyl (C=O) groups excluding carboxylic acids is 1. The fraction of sp³-hybridized carbons (Fsp3) is 0.217. The third-order valence-electron chi connectivity index (χ3n) is 4.38. The van der Waals surface area contributed by atoms with Crippen molar-refractivity contribution in [1.29, 1.82) is 0 Å². The highest BCUT2D eigenvalue weighted by atomic mass is 79.9. The van der Waals surface area contributed by atoms with Crippen molar-refractivity contribution in [2.45, 2.75) is 26.0 Å². The summed E-state index contributed by atoms with van der Waals surface area (Å²) in [6.45, 7) is 0.899. The van der Waals surface area contributed by atoms with Gasteiger partial charge in [0.15, 0.2) is 0 Å². The average Bonchev–Trinajstić information content (AvgIpc) is 2.76. The molecule has 150 valence electrons. The molecule has 0 aliphatic carbocycles. The molecule has 0 atom stereocenters. The van der Waals surface area contributed by atoms with Gasteiger partial charge in [0.1, 0.15) is 12.4 Å². The second kappa shape index (κ2) is 10.6. The standard InChI is InChI=1S/C23H23BrN2O3/c1-28-21-9-7-17(13-20(21)24)8-10-22(27)26-15-19-11-12-25-23(14-19)29-16-18-5-3-2-4-6-18/h2-7,9,11-14H,8,10,15-16H2,1H3,(H,26,27). The number of halogens is 1. The van der Waals surface area contributed by atoms with E-state index in [9.17, 15) is 4.79 Å². The SMILES string of the molecule is COc1ccc(CCC(=O)NCc2ccnc(OCc3ccccc3)c2)cc1Br. The summed E-state index contributed by atoms with van der Waals surface area (Å²) >= 11 is 3.47. The Labute approximate surface area is 179 Å². The van der Waals surface area contributed by atoms with Crippen molar-refractivity contribution in [2.75, 3.05) is 7.11 Å². The van der Waals surface area contributed by atoms with E-state index in [1.54, 1.807) is 13.3 Å². The molecule has 0 fully saturated rings. The Hall–Kier alpha value is -2.86. The summed E-state index contributed by atoms with van der Waals surface area (Å²) in [5, 5.41) is 2.95. The smallest absolute Gasteiger partial charge is 0.220 e.